The minimum atomic E-state index is 0. The van der Waals surface area contributed by atoms with Gasteiger partial charge in [0.15, 0.2) is 5.96 Å². The molecule has 2 saturated heterocycles. The molecule has 3 heterocycles. The molecule has 1 N–H and O–H groups in total. The van der Waals surface area contributed by atoms with Crippen LogP contribution >= 0.6 is 24.0 Å². The summed E-state index contributed by atoms with van der Waals surface area (Å²) in [6.45, 7) is 7.20. The number of nitrogens with one attached hydrogen (secondary N) is 1. The first kappa shape index (κ1) is 25.9. The number of hydrogen-bond acceptors (Lipinski definition) is 4. The molecule has 1 atom stereocenters. The summed E-state index contributed by atoms with van der Waals surface area (Å²) in [6.07, 6.45) is 8.11. The fourth-order valence-electron chi connectivity index (χ4n) is 4.37. The predicted octanol–water partition coefficient (Wildman–Crippen LogP) is 4.88. The van der Waals surface area contributed by atoms with E-state index < -0.39 is 0 Å². The summed E-state index contributed by atoms with van der Waals surface area (Å²) in [7, 11) is 0. The van der Waals surface area contributed by atoms with Crippen molar-refractivity contribution < 1.29 is 9.47 Å². The van der Waals surface area contributed by atoms with Crippen molar-refractivity contribution in [2.24, 2.45) is 4.99 Å². The van der Waals surface area contributed by atoms with Gasteiger partial charge in [-0.3, -0.25) is 4.98 Å². The zero-order valence-corrected chi connectivity index (χ0v) is 21.9. The third kappa shape index (κ3) is 7.93. The third-order valence-electron chi connectivity index (χ3n) is 6.17. The van der Waals surface area contributed by atoms with Crippen LogP contribution in [0, 0.1) is 0 Å². The predicted molar refractivity (Wildman–Crippen MR) is 144 cm³/mol. The molecule has 2 fully saturated rings. The molecular weight excluding hydrogens is 527 g/mol. The summed E-state index contributed by atoms with van der Waals surface area (Å²) in [5.74, 6) is 0.991. The van der Waals surface area contributed by atoms with E-state index in [-0.39, 0.29) is 24.0 Å². The van der Waals surface area contributed by atoms with Gasteiger partial charge in [0, 0.05) is 38.0 Å². The van der Waals surface area contributed by atoms with Gasteiger partial charge in [-0.25, -0.2) is 4.99 Å². The molecule has 7 heteroatoms. The number of aliphatic imine (C=N–C) groups is 1. The van der Waals surface area contributed by atoms with Crippen molar-refractivity contribution in [2.45, 2.75) is 57.8 Å². The smallest absolute Gasteiger partial charge is 0.194 e. The lowest BCUT2D eigenvalue weighted by Gasteiger charge is -2.35. The number of likely N-dealkylation sites (tertiary alicyclic amines) is 1. The molecule has 0 spiro atoms. The summed E-state index contributed by atoms with van der Waals surface area (Å²) in [6, 6.07) is 14.5. The molecule has 0 radical (unpaired) electrons. The standard InChI is InChI=1S/C26H36N4O2.HI/c1-2-27-26(29-19-21-8-7-9-22(18-21)25-11-3-5-14-28-25)30-15-12-23(13-16-30)32-20-24-10-4-6-17-31-24;/h3,5,7-9,11,14,18,23-24H,2,4,6,10,12-13,15-17,19-20H2,1H3,(H,27,29);1H. The van der Waals surface area contributed by atoms with Gasteiger partial charge in [0.1, 0.15) is 0 Å². The van der Waals surface area contributed by atoms with Crippen LogP contribution in [0.25, 0.3) is 11.3 Å². The molecule has 0 bridgehead atoms. The van der Waals surface area contributed by atoms with Crippen LogP contribution in [0.3, 0.4) is 0 Å². The van der Waals surface area contributed by atoms with Gasteiger partial charge in [0.05, 0.1) is 31.1 Å². The quantitative estimate of drug-likeness (QED) is 0.295. The normalized spacial score (nSPS) is 19.7. The molecule has 0 aliphatic carbocycles. The maximum absolute atomic E-state index is 6.18. The lowest BCUT2D eigenvalue weighted by Crippen LogP contribution is -2.47. The van der Waals surface area contributed by atoms with Crippen molar-refractivity contribution in [3.63, 3.8) is 0 Å². The number of pyridine rings is 1. The van der Waals surface area contributed by atoms with Crippen molar-refractivity contribution in [1.29, 1.82) is 0 Å². The fraction of sp³-hybridized carbons (Fsp3) is 0.538. The topological polar surface area (TPSA) is 59.0 Å². The summed E-state index contributed by atoms with van der Waals surface area (Å²) >= 11 is 0. The number of rotatable bonds is 7. The number of piperidine rings is 1. The maximum atomic E-state index is 6.18. The maximum Gasteiger partial charge on any atom is 0.194 e. The largest absolute Gasteiger partial charge is 0.376 e. The minimum Gasteiger partial charge on any atom is -0.376 e. The van der Waals surface area contributed by atoms with Crippen molar-refractivity contribution in [3.05, 3.63) is 54.2 Å². The molecule has 6 nitrogen and oxygen atoms in total. The molecule has 2 aromatic rings. The van der Waals surface area contributed by atoms with Crippen molar-refractivity contribution in [1.82, 2.24) is 15.2 Å². The van der Waals surface area contributed by atoms with Crippen LogP contribution in [0.15, 0.2) is 53.7 Å². The third-order valence-corrected chi connectivity index (χ3v) is 6.17. The Balaban J connectivity index is 0.00000306. The van der Waals surface area contributed by atoms with Gasteiger partial charge in [-0.2, -0.15) is 0 Å². The van der Waals surface area contributed by atoms with E-state index in [4.69, 9.17) is 14.5 Å². The van der Waals surface area contributed by atoms with E-state index >= 15 is 0 Å². The Morgan fingerprint density at radius 1 is 1.15 bits per heavy atom. The average molecular weight is 565 g/mol. The Morgan fingerprint density at radius 2 is 2.03 bits per heavy atom. The molecule has 180 valence electrons. The highest BCUT2D eigenvalue weighted by Gasteiger charge is 2.23. The molecule has 2 aliphatic rings. The Labute approximate surface area is 215 Å². The summed E-state index contributed by atoms with van der Waals surface area (Å²) in [4.78, 5) is 11.8. The number of aromatic nitrogens is 1. The van der Waals surface area contributed by atoms with Gasteiger partial charge in [0.2, 0.25) is 0 Å². The zero-order valence-electron chi connectivity index (χ0n) is 19.6. The highest BCUT2D eigenvalue weighted by molar-refractivity contribution is 14.0. The van der Waals surface area contributed by atoms with E-state index in [1.165, 1.54) is 18.4 Å². The Kier molecular flexibility index (Phi) is 10.9. The highest BCUT2D eigenvalue weighted by atomic mass is 127. The Hall–Kier alpha value is -1.71. The highest BCUT2D eigenvalue weighted by Crippen LogP contribution is 2.20. The summed E-state index contributed by atoms with van der Waals surface area (Å²) < 4.78 is 12.0. The van der Waals surface area contributed by atoms with Gasteiger partial charge in [0.25, 0.3) is 0 Å². The van der Waals surface area contributed by atoms with E-state index in [9.17, 15) is 0 Å². The van der Waals surface area contributed by atoms with E-state index in [1.54, 1.807) is 0 Å². The van der Waals surface area contributed by atoms with Gasteiger partial charge in [-0.05, 0) is 62.8 Å². The molecule has 1 aromatic heterocycles. The SMILES string of the molecule is CCNC(=NCc1cccc(-c2ccccn2)c1)N1CCC(OCC2CCCCO2)CC1.I. The monoisotopic (exact) mass is 564 g/mol. The molecule has 1 aromatic carbocycles. The van der Waals surface area contributed by atoms with Crippen molar-refractivity contribution >= 4 is 29.9 Å². The molecule has 0 amide bonds. The number of halogens is 1. The second kappa shape index (κ2) is 13.9. The summed E-state index contributed by atoms with van der Waals surface area (Å²) in [5, 5.41) is 3.47. The molecule has 4 rings (SSSR count). The van der Waals surface area contributed by atoms with Crippen LogP contribution in [-0.2, 0) is 16.0 Å². The van der Waals surface area contributed by atoms with E-state index in [1.807, 2.05) is 24.4 Å². The van der Waals surface area contributed by atoms with Crippen LogP contribution in [0.5, 0.6) is 0 Å². The van der Waals surface area contributed by atoms with Crippen LogP contribution in [-0.4, -0.2) is 60.9 Å². The zero-order chi connectivity index (χ0) is 22.0. The number of nitrogens with zero attached hydrogens (tertiary/aromatic N) is 3. The lowest BCUT2D eigenvalue weighted by molar-refractivity contribution is -0.0721. The van der Waals surface area contributed by atoms with E-state index in [0.29, 0.717) is 18.8 Å². The van der Waals surface area contributed by atoms with E-state index in [2.05, 4.69) is 46.4 Å². The van der Waals surface area contributed by atoms with Crippen LogP contribution in [0.2, 0.25) is 0 Å². The van der Waals surface area contributed by atoms with Crippen LogP contribution in [0.1, 0.15) is 44.6 Å². The molecule has 2 aliphatic heterocycles. The number of ether oxygens (including phenoxy) is 2. The first-order chi connectivity index (χ1) is 15.8. The average Bonchev–Trinajstić information content (AvgIpc) is 2.87. The molecular formula is C26H37IN4O2. The number of hydrogen-bond donors (Lipinski definition) is 1. The molecule has 1 unspecified atom stereocenters. The van der Waals surface area contributed by atoms with Gasteiger partial charge >= 0.3 is 0 Å². The van der Waals surface area contributed by atoms with Gasteiger partial charge in [-0.15, -0.1) is 24.0 Å². The van der Waals surface area contributed by atoms with Gasteiger partial charge < -0.3 is 19.7 Å². The van der Waals surface area contributed by atoms with Crippen LogP contribution in [0.4, 0.5) is 0 Å². The van der Waals surface area contributed by atoms with Gasteiger partial charge in [-0.1, -0.05) is 24.3 Å². The number of guanidine groups is 1. The number of benzene rings is 1. The lowest BCUT2D eigenvalue weighted by atomic mass is 10.1. The minimum absolute atomic E-state index is 0. The summed E-state index contributed by atoms with van der Waals surface area (Å²) in [5.41, 5.74) is 3.31. The van der Waals surface area contributed by atoms with Crippen molar-refractivity contribution in [2.75, 3.05) is 32.8 Å². The fourth-order valence-corrected chi connectivity index (χ4v) is 4.37. The first-order valence-electron chi connectivity index (χ1n) is 12.1. The molecule has 0 saturated carbocycles. The van der Waals surface area contributed by atoms with E-state index in [0.717, 1.165) is 69.3 Å². The molecule has 33 heavy (non-hydrogen) atoms. The Bertz CT molecular complexity index is 850. The van der Waals surface area contributed by atoms with Crippen LogP contribution < -0.4 is 5.32 Å². The first-order valence-corrected chi connectivity index (χ1v) is 12.1. The van der Waals surface area contributed by atoms with Crippen molar-refractivity contribution in [3.8, 4) is 11.3 Å². The Morgan fingerprint density at radius 3 is 2.76 bits per heavy atom. The second-order valence-electron chi connectivity index (χ2n) is 8.59. The second-order valence-corrected chi connectivity index (χ2v) is 8.59.